The highest BCUT2D eigenvalue weighted by molar-refractivity contribution is 14.1. The topological polar surface area (TPSA) is 38.7 Å². The highest BCUT2D eigenvalue weighted by Gasteiger charge is 2.28. The molecule has 2 aliphatic heterocycles. The monoisotopic (exact) mass is 360 g/mol. The Hall–Kier alpha value is -0.330. The average Bonchev–Trinajstić information content (AvgIpc) is 2.86. The molecule has 0 radical (unpaired) electrons. The van der Waals surface area contributed by atoms with E-state index in [9.17, 15) is 5.11 Å². The molecule has 2 heterocycles. The Labute approximate surface area is 121 Å². The first-order chi connectivity index (χ1) is 8.75. The van der Waals surface area contributed by atoms with E-state index >= 15 is 0 Å². The van der Waals surface area contributed by atoms with Crippen LogP contribution in [-0.4, -0.2) is 24.9 Å². The van der Waals surface area contributed by atoms with Crippen molar-refractivity contribution in [2.24, 2.45) is 5.92 Å². The quantitative estimate of drug-likeness (QED) is 0.825. The summed E-state index contributed by atoms with van der Waals surface area (Å²) in [6.07, 6.45) is 2.40. The van der Waals surface area contributed by atoms with Crippen molar-refractivity contribution in [3.8, 4) is 5.75 Å². The number of hydrogen-bond donors (Lipinski definition) is 1. The maximum atomic E-state index is 10.6. The van der Waals surface area contributed by atoms with Crippen LogP contribution in [0.4, 0.5) is 0 Å². The minimum Gasteiger partial charge on any atom is -0.493 e. The fourth-order valence-corrected chi connectivity index (χ4v) is 3.51. The third-order valence-electron chi connectivity index (χ3n) is 3.81. The minimum absolute atomic E-state index is 0.297. The molecule has 1 aromatic rings. The molecule has 98 valence electrons. The molecule has 0 aliphatic carbocycles. The smallest absolute Gasteiger partial charge is 0.128 e. The van der Waals surface area contributed by atoms with Crippen molar-refractivity contribution in [3.05, 3.63) is 26.8 Å². The first kappa shape index (κ1) is 12.7. The van der Waals surface area contributed by atoms with E-state index < -0.39 is 6.10 Å². The Balaban J connectivity index is 1.91. The molecule has 1 unspecified atom stereocenters. The van der Waals surface area contributed by atoms with Crippen molar-refractivity contribution in [3.63, 3.8) is 0 Å². The standard InChI is InChI=1S/C14H17IO3/c15-11-7-10-3-6-18-14(10)12(8-11)13(16)9-1-4-17-5-2-9/h7-9,13,16H,1-6H2. The largest absolute Gasteiger partial charge is 0.493 e. The predicted molar refractivity (Wildman–Crippen MR) is 76.9 cm³/mol. The normalized spacial score (nSPS) is 21.4. The lowest BCUT2D eigenvalue weighted by Crippen LogP contribution is -2.22. The number of aliphatic hydroxyl groups excluding tert-OH is 1. The highest BCUT2D eigenvalue weighted by atomic mass is 127. The predicted octanol–water partition coefficient (Wildman–Crippen LogP) is 2.69. The Bertz CT molecular complexity index is 441. The fraction of sp³-hybridized carbons (Fsp3) is 0.571. The number of fused-ring (bicyclic) bond motifs is 1. The van der Waals surface area contributed by atoms with Gasteiger partial charge < -0.3 is 14.6 Å². The summed E-state index contributed by atoms with van der Waals surface area (Å²) < 4.78 is 12.2. The zero-order valence-electron chi connectivity index (χ0n) is 10.2. The molecule has 4 heteroatoms. The molecule has 3 nitrogen and oxygen atoms in total. The number of rotatable bonds is 2. The second-order valence-electron chi connectivity index (χ2n) is 4.98. The summed E-state index contributed by atoms with van der Waals surface area (Å²) in [5.74, 6) is 1.22. The van der Waals surface area contributed by atoms with Gasteiger partial charge in [0.05, 0.1) is 12.7 Å². The van der Waals surface area contributed by atoms with E-state index in [1.807, 2.05) is 0 Å². The van der Waals surface area contributed by atoms with Gasteiger partial charge in [0.15, 0.2) is 0 Å². The second-order valence-corrected chi connectivity index (χ2v) is 6.22. The molecular formula is C14H17IO3. The maximum absolute atomic E-state index is 10.6. The molecule has 0 aromatic heterocycles. The van der Waals surface area contributed by atoms with Gasteiger partial charge in [0, 0.05) is 28.8 Å². The van der Waals surface area contributed by atoms with Crippen molar-refractivity contribution >= 4 is 22.6 Å². The van der Waals surface area contributed by atoms with Crippen LogP contribution in [0.1, 0.15) is 30.1 Å². The van der Waals surface area contributed by atoms with Crippen LogP contribution < -0.4 is 4.74 Å². The SMILES string of the molecule is OC(c1cc(I)cc2c1OCC2)C1CCOCC1. The lowest BCUT2D eigenvalue weighted by Gasteiger charge is -2.28. The van der Waals surface area contributed by atoms with E-state index in [-0.39, 0.29) is 0 Å². The molecule has 18 heavy (non-hydrogen) atoms. The third-order valence-corrected chi connectivity index (χ3v) is 4.43. The molecular weight excluding hydrogens is 343 g/mol. The van der Waals surface area contributed by atoms with Gasteiger partial charge in [0.2, 0.25) is 0 Å². The summed E-state index contributed by atoms with van der Waals surface area (Å²) in [6, 6.07) is 4.22. The summed E-state index contributed by atoms with van der Waals surface area (Å²) in [7, 11) is 0. The van der Waals surface area contributed by atoms with Crippen molar-refractivity contribution in [2.45, 2.75) is 25.4 Å². The molecule has 1 saturated heterocycles. The van der Waals surface area contributed by atoms with E-state index in [4.69, 9.17) is 9.47 Å². The highest BCUT2D eigenvalue weighted by Crippen LogP contribution is 2.40. The first-order valence-corrected chi connectivity index (χ1v) is 7.54. The number of benzene rings is 1. The lowest BCUT2D eigenvalue weighted by atomic mass is 9.88. The van der Waals surface area contributed by atoms with E-state index in [0.29, 0.717) is 5.92 Å². The molecule has 2 aliphatic rings. The van der Waals surface area contributed by atoms with Crippen LogP contribution in [0.3, 0.4) is 0 Å². The molecule has 3 rings (SSSR count). The van der Waals surface area contributed by atoms with E-state index in [1.54, 1.807) is 0 Å². The van der Waals surface area contributed by atoms with Gasteiger partial charge in [-0.2, -0.15) is 0 Å². The molecule has 1 fully saturated rings. The fourth-order valence-electron chi connectivity index (χ4n) is 2.80. The van der Waals surface area contributed by atoms with Crippen molar-refractivity contribution in [1.82, 2.24) is 0 Å². The number of halogens is 1. The molecule has 1 atom stereocenters. The van der Waals surface area contributed by atoms with E-state index in [1.165, 1.54) is 9.13 Å². The van der Waals surface area contributed by atoms with Gasteiger partial charge in [-0.25, -0.2) is 0 Å². The van der Waals surface area contributed by atoms with E-state index in [0.717, 1.165) is 50.4 Å². The van der Waals surface area contributed by atoms with Gasteiger partial charge in [0.1, 0.15) is 5.75 Å². The lowest BCUT2D eigenvalue weighted by molar-refractivity contribution is 0.00633. The van der Waals surface area contributed by atoms with Crippen LogP contribution in [0.15, 0.2) is 12.1 Å². The number of aliphatic hydroxyl groups is 1. The van der Waals surface area contributed by atoms with Crippen LogP contribution in [0, 0.1) is 9.49 Å². The first-order valence-electron chi connectivity index (χ1n) is 6.46. The van der Waals surface area contributed by atoms with Crippen LogP contribution in [-0.2, 0) is 11.2 Å². The molecule has 0 saturated carbocycles. The molecule has 0 bridgehead atoms. The number of ether oxygens (including phenoxy) is 2. The van der Waals surface area contributed by atoms with Crippen LogP contribution >= 0.6 is 22.6 Å². The Morgan fingerprint density at radius 1 is 1.22 bits per heavy atom. The zero-order valence-corrected chi connectivity index (χ0v) is 12.4. The maximum Gasteiger partial charge on any atom is 0.128 e. The molecule has 1 N–H and O–H groups in total. The van der Waals surface area contributed by atoms with E-state index in [2.05, 4.69) is 34.7 Å². The van der Waals surface area contributed by atoms with Crippen molar-refractivity contribution < 1.29 is 14.6 Å². The van der Waals surface area contributed by atoms with Crippen molar-refractivity contribution in [1.29, 1.82) is 0 Å². The summed E-state index contributed by atoms with van der Waals surface area (Å²) in [6.45, 7) is 2.26. The molecule has 0 spiro atoms. The summed E-state index contributed by atoms with van der Waals surface area (Å²) >= 11 is 2.31. The van der Waals surface area contributed by atoms with Crippen molar-refractivity contribution in [2.75, 3.05) is 19.8 Å². The van der Waals surface area contributed by atoms with Gasteiger partial charge in [-0.15, -0.1) is 0 Å². The van der Waals surface area contributed by atoms with Crippen LogP contribution in [0.5, 0.6) is 5.75 Å². The molecule has 0 amide bonds. The zero-order chi connectivity index (χ0) is 12.5. The number of hydrogen-bond acceptors (Lipinski definition) is 3. The van der Waals surface area contributed by atoms with Gasteiger partial charge in [-0.1, -0.05) is 0 Å². The minimum atomic E-state index is -0.421. The molecule has 1 aromatic carbocycles. The third kappa shape index (κ3) is 2.38. The Morgan fingerprint density at radius 3 is 2.78 bits per heavy atom. The second kappa shape index (κ2) is 5.35. The van der Waals surface area contributed by atoms with Crippen LogP contribution in [0.25, 0.3) is 0 Å². The van der Waals surface area contributed by atoms with Gasteiger partial charge in [0.25, 0.3) is 0 Å². The Kier molecular flexibility index (Phi) is 3.77. The van der Waals surface area contributed by atoms with Gasteiger partial charge in [-0.3, -0.25) is 0 Å². The summed E-state index contributed by atoms with van der Waals surface area (Å²) in [4.78, 5) is 0. The summed E-state index contributed by atoms with van der Waals surface area (Å²) in [5.41, 5.74) is 2.21. The van der Waals surface area contributed by atoms with Crippen LogP contribution in [0.2, 0.25) is 0 Å². The Morgan fingerprint density at radius 2 is 2.00 bits per heavy atom. The van der Waals surface area contributed by atoms with Gasteiger partial charge in [-0.05, 0) is 59.0 Å². The van der Waals surface area contributed by atoms with Gasteiger partial charge >= 0.3 is 0 Å². The summed E-state index contributed by atoms with van der Waals surface area (Å²) in [5, 5.41) is 10.6. The average molecular weight is 360 g/mol.